The van der Waals surface area contributed by atoms with E-state index < -0.39 is 0 Å². The van der Waals surface area contributed by atoms with Gasteiger partial charge in [-0.15, -0.1) is 0 Å². The van der Waals surface area contributed by atoms with E-state index in [4.69, 9.17) is 9.26 Å². The summed E-state index contributed by atoms with van der Waals surface area (Å²) in [4.78, 5) is 11.0. The Bertz CT molecular complexity index is 441. The molecule has 1 unspecified atom stereocenters. The number of ether oxygens (including phenoxy) is 1. The Morgan fingerprint density at radius 3 is 2.73 bits per heavy atom. The Hall–Kier alpha value is -1.32. The Kier molecular flexibility index (Phi) is 7.47. The molecule has 1 aliphatic rings. The van der Waals surface area contributed by atoms with Gasteiger partial charge in [-0.1, -0.05) is 37.8 Å². The molecule has 124 valence electrons. The third-order valence-corrected chi connectivity index (χ3v) is 4.31. The molecule has 0 saturated carbocycles. The van der Waals surface area contributed by atoms with E-state index in [2.05, 4.69) is 18.1 Å². The summed E-state index contributed by atoms with van der Waals surface area (Å²) in [6.07, 6.45) is 13.2. The molecule has 22 heavy (non-hydrogen) atoms. The molecular weight excluding hydrogens is 278 g/mol. The van der Waals surface area contributed by atoms with Gasteiger partial charge >= 0.3 is 5.97 Å². The normalized spacial score (nSPS) is 17.9. The number of aryl methyl sites for hydroxylation is 2. The molecule has 0 aromatic carbocycles. The molecular formula is C18H29NO3. The molecule has 1 atom stereocenters. The summed E-state index contributed by atoms with van der Waals surface area (Å²) in [5, 5.41) is 4.16. The lowest BCUT2D eigenvalue weighted by Gasteiger charge is -2.07. The van der Waals surface area contributed by atoms with Crippen LogP contribution in [0.2, 0.25) is 0 Å². The maximum Gasteiger partial charge on any atom is 0.306 e. The number of unbranched alkanes of at least 4 members (excludes halogenated alkanes) is 5. The largest absolute Gasteiger partial charge is 0.462 e. The van der Waals surface area contributed by atoms with Crippen molar-refractivity contribution in [2.75, 3.05) is 0 Å². The number of aromatic nitrogens is 1. The first kappa shape index (κ1) is 17.0. The van der Waals surface area contributed by atoms with Gasteiger partial charge in [-0.25, -0.2) is 0 Å². The lowest BCUT2D eigenvalue weighted by molar-refractivity contribution is -0.141. The molecule has 1 fully saturated rings. The Morgan fingerprint density at radius 1 is 1.14 bits per heavy atom. The zero-order chi connectivity index (χ0) is 15.6. The molecule has 0 radical (unpaired) electrons. The van der Waals surface area contributed by atoms with Crippen LogP contribution in [0.1, 0.15) is 82.6 Å². The summed E-state index contributed by atoms with van der Waals surface area (Å²) in [5.74, 6) is 0.954. The number of nitrogens with zero attached hydrogens (tertiary/aromatic N) is 1. The molecule has 2 rings (SSSR count). The number of rotatable bonds is 11. The highest BCUT2D eigenvalue weighted by atomic mass is 16.5. The van der Waals surface area contributed by atoms with Crippen molar-refractivity contribution in [2.45, 2.75) is 90.1 Å². The topological polar surface area (TPSA) is 52.3 Å². The van der Waals surface area contributed by atoms with Crippen LogP contribution >= 0.6 is 0 Å². The van der Waals surface area contributed by atoms with Gasteiger partial charge in [0.05, 0.1) is 5.69 Å². The smallest absolute Gasteiger partial charge is 0.306 e. The molecule has 2 heterocycles. The van der Waals surface area contributed by atoms with E-state index in [1.54, 1.807) is 0 Å². The quantitative estimate of drug-likeness (QED) is 0.442. The van der Waals surface area contributed by atoms with Crippen molar-refractivity contribution < 1.29 is 14.1 Å². The van der Waals surface area contributed by atoms with E-state index >= 15 is 0 Å². The van der Waals surface area contributed by atoms with E-state index in [-0.39, 0.29) is 12.1 Å². The molecule has 1 aromatic rings. The van der Waals surface area contributed by atoms with Crippen molar-refractivity contribution in [3.63, 3.8) is 0 Å². The minimum absolute atomic E-state index is 0.0381. The average molecular weight is 307 g/mol. The van der Waals surface area contributed by atoms with Crippen LogP contribution in [-0.4, -0.2) is 17.2 Å². The van der Waals surface area contributed by atoms with Crippen LogP contribution in [0.3, 0.4) is 0 Å². The third kappa shape index (κ3) is 6.20. The minimum atomic E-state index is -0.0381. The van der Waals surface area contributed by atoms with Crippen LogP contribution in [-0.2, 0) is 22.4 Å². The zero-order valence-corrected chi connectivity index (χ0v) is 13.8. The van der Waals surface area contributed by atoms with E-state index in [9.17, 15) is 4.79 Å². The Balaban J connectivity index is 1.54. The van der Waals surface area contributed by atoms with Gasteiger partial charge in [-0.2, -0.15) is 0 Å². The second-order valence-corrected chi connectivity index (χ2v) is 6.35. The summed E-state index contributed by atoms with van der Waals surface area (Å²) in [6, 6.07) is 2.11. The molecule has 4 heteroatoms. The molecule has 1 aromatic heterocycles. The summed E-state index contributed by atoms with van der Waals surface area (Å²) < 4.78 is 10.6. The van der Waals surface area contributed by atoms with E-state index in [1.807, 2.05) is 0 Å². The molecule has 1 saturated heterocycles. The van der Waals surface area contributed by atoms with Crippen LogP contribution in [0.15, 0.2) is 10.6 Å². The number of carbonyl (C=O) groups excluding carboxylic acids is 1. The maximum atomic E-state index is 11.0. The molecule has 4 nitrogen and oxygen atoms in total. The van der Waals surface area contributed by atoms with E-state index in [0.29, 0.717) is 6.42 Å². The van der Waals surface area contributed by atoms with Gasteiger partial charge in [0, 0.05) is 18.9 Å². The predicted octanol–water partition coefficient (Wildman–Crippen LogP) is 4.61. The highest BCUT2D eigenvalue weighted by Gasteiger charge is 2.22. The fourth-order valence-electron chi connectivity index (χ4n) is 2.96. The lowest BCUT2D eigenvalue weighted by Crippen LogP contribution is -2.06. The summed E-state index contributed by atoms with van der Waals surface area (Å²) in [5.41, 5.74) is 1.09. The van der Waals surface area contributed by atoms with Crippen LogP contribution in [0, 0.1) is 0 Å². The number of hydrogen-bond acceptors (Lipinski definition) is 4. The predicted molar refractivity (Wildman–Crippen MR) is 85.6 cm³/mol. The monoisotopic (exact) mass is 307 g/mol. The van der Waals surface area contributed by atoms with Gasteiger partial charge < -0.3 is 9.26 Å². The van der Waals surface area contributed by atoms with Gasteiger partial charge in [-0.05, 0) is 38.5 Å². The highest BCUT2D eigenvalue weighted by Crippen LogP contribution is 2.20. The average Bonchev–Trinajstić information content (AvgIpc) is 3.13. The standard InChI is InChI=1S/C18H29NO3/c1-2-3-4-5-6-9-15-14-17(22-19-15)11-8-7-10-16-12-13-18(20)21-16/h14,16H,2-13H2,1H3. The Labute approximate surface area is 133 Å². The molecule has 0 aliphatic carbocycles. The second-order valence-electron chi connectivity index (χ2n) is 6.35. The van der Waals surface area contributed by atoms with E-state index in [0.717, 1.165) is 50.0 Å². The summed E-state index contributed by atoms with van der Waals surface area (Å²) in [7, 11) is 0. The van der Waals surface area contributed by atoms with E-state index in [1.165, 1.54) is 32.1 Å². The first-order chi connectivity index (χ1) is 10.8. The Morgan fingerprint density at radius 2 is 1.95 bits per heavy atom. The van der Waals surface area contributed by atoms with Crippen LogP contribution in [0.25, 0.3) is 0 Å². The van der Waals surface area contributed by atoms with Crippen LogP contribution in [0.5, 0.6) is 0 Å². The van der Waals surface area contributed by atoms with Crippen molar-refractivity contribution in [3.8, 4) is 0 Å². The fraction of sp³-hybridized carbons (Fsp3) is 0.778. The number of hydrogen-bond donors (Lipinski definition) is 0. The highest BCUT2D eigenvalue weighted by molar-refractivity contribution is 5.71. The van der Waals surface area contributed by atoms with Crippen LogP contribution < -0.4 is 0 Å². The molecule has 0 bridgehead atoms. The van der Waals surface area contributed by atoms with Crippen molar-refractivity contribution in [2.24, 2.45) is 0 Å². The van der Waals surface area contributed by atoms with Gasteiger partial charge in [-0.3, -0.25) is 4.79 Å². The number of carbonyl (C=O) groups is 1. The maximum absolute atomic E-state index is 11.0. The SMILES string of the molecule is CCCCCCCc1cc(CCCCC2CCC(=O)O2)on1. The number of esters is 1. The summed E-state index contributed by atoms with van der Waals surface area (Å²) >= 11 is 0. The molecule has 1 aliphatic heterocycles. The molecule has 0 amide bonds. The van der Waals surface area contributed by atoms with Crippen molar-refractivity contribution in [1.82, 2.24) is 5.16 Å². The van der Waals surface area contributed by atoms with Gasteiger partial charge in [0.25, 0.3) is 0 Å². The van der Waals surface area contributed by atoms with Gasteiger partial charge in [0.1, 0.15) is 11.9 Å². The van der Waals surface area contributed by atoms with Gasteiger partial charge in [0.15, 0.2) is 0 Å². The minimum Gasteiger partial charge on any atom is -0.462 e. The first-order valence-electron chi connectivity index (χ1n) is 8.92. The number of cyclic esters (lactones) is 1. The van der Waals surface area contributed by atoms with Crippen LogP contribution in [0.4, 0.5) is 0 Å². The van der Waals surface area contributed by atoms with Gasteiger partial charge in [0.2, 0.25) is 0 Å². The fourth-order valence-corrected chi connectivity index (χ4v) is 2.96. The van der Waals surface area contributed by atoms with Crippen molar-refractivity contribution >= 4 is 5.97 Å². The summed E-state index contributed by atoms with van der Waals surface area (Å²) in [6.45, 7) is 2.24. The van der Waals surface area contributed by atoms with Crippen molar-refractivity contribution in [3.05, 3.63) is 17.5 Å². The zero-order valence-electron chi connectivity index (χ0n) is 13.8. The first-order valence-corrected chi connectivity index (χ1v) is 8.92. The molecule has 0 spiro atoms. The van der Waals surface area contributed by atoms with Crippen molar-refractivity contribution in [1.29, 1.82) is 0 Å². The molecule has 0 N–H and O–H groups in total. The lowest BCUT2D eigenvalue weighted by atomic mass is 10.1. The second kappa shape index (κ2) is 9.65. The third-order valence-electron chi connectivity index (χ3n) is 4.31.